The summed E-state index contributed by atoms with van der Waals surface area (Å²) < 4.78 is 25.4. The Morgan fingerprint density at radius 2 is 1.92 bits per heavy atom. The third-order valence-corrected chi connectivity index (χ3v) is 6.71. The molecule has 2 aromatic heterocycles. The van der Waals surface area contributed by atoms with Crippen molar-refractivity contribution in [2.45, 2.75) is 4.90 Å². The number of thiazole rings is 1. The molecule has 25 heavy (non-hydrogen) atoms. The monoisotopic (exact) mass is 392 g/mol. The van der Waals surface area contributed by atoms with Gasteiger partial charge in [-0.15, -0.1) is 22.7 Å². The van der Waals surface area contributed by atoms with Gasteiger partial charge in [-0.25, -0.2) is 17.7 Å². The molecule has 130 valence electrons. The lowest BCUT2D eigenvalue weighted by Crippen LogP contribution is -2.22. The molecule has 0 radical (unpaired) electrons. The highest BCUT2D eigenvalue weighted by Crippen LogP contribution is 2.26. The summed E-state index contributed by atoms with van der Waals surface area (Å²) in [5.41, 5.74) is 4.53. The lowest BCUT2D eigenvalue weighted by molar-refractivity contribution is 0.521. The highest BCUT2D eigenvalue weighted by Gasteiger charge is 2.17. The molecule has 6 nitrogen and oxygen atoms in total. The van der Waals surface area contributed by atoms with E-state index in [1.807, 2.05) is 22.9 Å². The number of aromatic nitrogens is 1. The van der Waals surface area contributed by atoms with Crippen LogP contribution in [0.4, 0.5) is 5.13 Å². The largest absolute Gasteiger partial charge is 0.253 e. The maximum absolute atomic E-state index is 12.1. The first-order valence-corrected chi connectivity index (χ1v) is 10.5. The van der Waals surface area contributed by atoms with Crippen LogP contribution in [0, 0.1) is 0 Å². The van der Waals surface area contributed by atoms with Gasteiger partial charge < -0.3 is 0 Å². The van der Waals surface area contributed by atoms with Crippen molar-refractivity contribution >= 4 is 44.0 Å². The molecular formula is C16H16N4O2S3. The predicted molar refractivity (Wildman–Crippen MR) is 104 cm³/mol. The van der Waals surface area contributed by atoms with Crippen molar-refractivity contribution < 1.29 is 8.42 Å². The Kier molecular flexibility index (Phi) is 5.28. The van der Waals surface area contributed by atoms with Crippen LogP contribution in [0.3, 0.4) is 0 Å². The Morgan fingerprint density at radius 1 is 1.16 bits per heavy atom. The molecule has 0 aliphatic rings. The maximum atomic E-state index is 12.1. The van der Waals surface area contributed by atoms with Crippen LogP contribution in [-0.4, -0.2) is 38.0 Å². The Labute approximate surface area is 154 Å². The minimum absolute atomic E-state index is 0.260. The second-order valence-electron chi connectivity index (χ2n) is 5.24. The number of hydrogen-bond acceptors (Lipinski definition) is 7. The van der Waals surface area contributed by atoms with Gasteiger partial charge in [0.15, 0.2) is 0 Å². The number of nitrogens with one attached hydrogen (secondary N) is 1. The van der Waals surface area contributed by atoms with E-state index in [0.29, 0.717) is 5.13 Å². The van der Waals surface area contributed by atoms with Gasteiger partial charge in [-0.05, 0) is 23.6 Å². The molecule has 1 N–H and O–H groups in total. The number of sulfonamides is 1. The van der Waals surface area contributed by atoms with E-state index in [4.69, 9.17) is 0 Å². The van der Waals surface area contributed by atoms with Crippen LogP contribution < -0.4 is 5.43 Å². The summed E-state index contributed by atoms with van der Waals surface area (Å²) >= 11 is 3.04. The van der Waals surface area contributed by atoms with Crippen LogP contribution in [0.15, 0.2) is 57.2 Å². The second-order valence-corrected chi connectivity index (χ2v) is 9.22. The summed E-state index contributed by atoms with van der Waals surface area (Å²) in [5.74, 6) is 0. The Hall–Kier alpha value is -2.07. The molecule has 3 aromatic rings. The lowest BCUT2D eigenvalue weighted by Gasteiger charge is -2.11. The summed E-state index contributed by atoms with van der Waals surface area (Å²) in [6.07, 6.45) is 1.74. The number of hydrazone groups is 1. The fourth-order valence-corrected chi connectivity index (χ4v) is 4.14. The summed E-state index contributed by atoms with van der Waals surface area (Å²) in [7, 11) is -0.395. The molecular weight excluding hydrogens is 376 g/mol. The molecule has 0 saturated heterocycles. The first-order valence-electron chi connectivity index (χ1n) is 7.28. The van der Waals surface area contributed by atoms with Crippen molar-refractivity contribution in [3.05, 3.63) is 52.0 Å². The molecule has 1 aromatic carbocycles. The zero-order chi connectivity index (χ0) is 17.9. The van der Waals surface area contributed by atoms with Crippen LogP contribution in [0.2, 0.25) is 0 Å². The molecule has 0 spiro atoms. The molecule has 0 fully saturated rings. The summed E-state index contributed by atoms with van der Waals surface area (Å²) in [5, 5.41) is 8.72. The first kappa shape index (κ1) is 17.7. The standard InChI is InChI=1S/C16H16N4O2S3/c1-20(2)25(21,22)14-7-5-12(6-8-14)15-11-24-16(18-15)19-17-10-13-4-3-9-23-13/h3-11H,1-2H3,(H,18,19). The Bertz CT molecular complexity index is 959. The number of nitrogens with zero attached hydrogens (tertiary/aromatic N) is 3. The average Bonchev–Trinajstić information content (AvgIpc) is 3.27. The number of anilines is 1. The van der Waals surface area contributed by atoms with Crippen molar-refractivity contribution in [3.63, 3.8) is 0 Å². The van der Waals surface area contributed by atoms with Gasteiger partial charge in [0, 0.05) is 29.9 Å². The lowest BCUT2D eigenvalue weighted by atomic mass is 10.2. The van der Waals surface area contributed by atoms with Crippen LogP contribution in [0.5, 0.6) is 0 Å². The fourth-order valence-electron chi connectivity index (χ4n) is 1.98. The Morgan fingerprint density at radius 3 is 2.56 bits per heavy atom. The average molecular weight is 393 g/mol. The van der Waals surface area contributed by atoms with Crippen molar-refractivity contribution in [2.24, 2.45) is 5.10 Å². The molecule has 0 aliphatic carbocycles. The summed E-state index contributed by atoms with van der Waals surface area (Å²) in [6, 6.07) is 10.6. The third kappa shape index (κ3) is 4.13. The van der Waals surface area contributed by atoms with Crippen molar-refractivity contribution in [2.75, 3.05) is 19.5 Å². The van der Waals surface area contributed by atoms with E-state index in [2.05, 4.69) is 15.5 Å². The predicted octanol–water partition coefficient (Wildman–Crippen LogP) is 3.57. The number of hydrogen-bond donors (Lipinski definition) is 1. The third-order valence-electron chi connectivity index (χ3n) is 3.33. The molecule has 2 heterocycles. The van der Waals surface area contributed by atoms with Gasteiger partial charge in [0.25, 0.3) is 0 Å². The smallest absolute Gasteiger partial charge is 0.242 e. The van der Waals surface area contributed by atoms with Gasteiger partial charge >= 0.3 is 0 Å². The van der Waals surface area contributed by atoms with E-state index in [1.165, 1.54) is 29.7 Å². The normalized spacial score (nSPS) is 12.1. The van der Waals surface area contributed by atoms with E-state index in [0.717, 1.165) is 16.1 Å². The van der Waals surface area contributed by atoms with E-state index < -0.39 is 10.0 Å². The number of thiophene rings is 1. The van der Waals surface area contributed by atoms with E-state index in [1.54, 1.807) is 41.8 Å². The fraction of sp³-hybridized carbons (Fsp3) is 0.125. The van der Waals surface area contributed by atoms with E-state index >= 15 is 0 Å². The zero-order valence-corrected chi connectivity index (χ0v) is 16.0. The van der Waals surface area contributed by atoms with E-state index in [9.17, 15) is 8.42 Å². The minimum Gasteiger partial charge on any atom is -0.253 e. The second kappa shape index (κ2) is 7.44. The van der Waals surface area contributed by atoms with E-state index in [-0.39, 0.29) is 4.90 Å². The van der Waals surface area contributed by atoms with Crippen molar-refractivity contribution in [1.82, 2.24) is 9.29 Å². The number of rotatable bonds is 6. The Balaban J connectivity index is 1.72. The highest BCUT2D eigenvalue weighted by molar-refractivity contribution is 7.89. The molecule has 3 rings (SSSR count). The van der Waals surface area contributed by atoms with Crippen LogP contribution in [0.25, 0.3) is 11.3 Å². The number of benzene rings is 1. The molecule has 9 heteroatoms. The molecule has 0 saturated carbocycles. The van der Waals surface area contributed by atoms with Crippen molar-refractivity contribution in [3.8, 4) is 11.3 Å². The molecule has 0 atom stereocenters. The topological polar surface area (TPSA) is 74.7 Å². The van der Waals surface area contributed by atoms with Gasteiger partial charge in [-0.3, -0.25) is 5.43 Å². The maximum Gasteiger partial charge on any atom is 0.242 e. The molecule has 0 aliphatic heterocycles. The quantitative estimate of drug-likeness (QED) is 0.514. The minimum atomic E-state index is -3.42. The highest BCUT2D eigenvalue weighted by atomic mass is 32.2. The van der Waals surface area contributed by atoms with Crippen LogP contribution >= 0.6 is 22.7 Å². The van der Waals surface area contributed by atoms with Gasteiger partial charge in [-0.2, -0.15) is 5.10 Å². The summed E-state index contributed by atoms with van der Waals surface area (Å²) in [4.78, 5) is 5.78. The zero-order valence-electron chi connectivity index (χ0n) is 13.6. The van der Waals surface area contributed by atoms with Gasteiger partial charge in [-0.1, -0.05) is 18.2 Å². The van der Waals surface area contributed by atoms with Crippen LogP contribution in [0.1, 0.15) is 4.88 Å². The first-order chi connectivity index (χ1) is 12.0. The van der Waals surface area contributed by atoms with Gasteiger partial charge in [0.2, 0.25) is 15.2 Å². The van der Waals surface area contributed by atoms with Gasteiger partial charge in [0.1, 0.15) is 0 Å². The van der Waals surface area contributed by atoms with Gasteiger partial charge in [0.05, 0.1) is 16.8 Å². The molecule has 0 bridgehead atoms. The van der Waals surface area contributed by atoms with Crippen molar-refractivity contribution in [1.29, 1.82) is 0 Å². The summed E-state index contributed by atoms with van der Waals surface area (Å²) in [6.45, 7) is 0. The SMILES string of the molecule is CN(C)S(=O)(=O)c1ccc(-c2csc(NN=Cc3cccs3)n2)cc1. The molecule has 0 unspecified atom stereocenters. The van der Waals surface area contributed by atoms with Crippen LogP contribution in [-0.2, 0) is 10.0 Å². The molecule has 0 amide bonds.